The summed E-state index contributed by atoms with van der Waals surface area (Å²) in [5, 5.41) is 20.2. The average Bonchev–Trinajstić information content (AvgIpc) is 3.10. The molecular formula is C28H27NO5. The molecule has 2 unspecified atom stereocenters. The normalized spacial score (nSPS) is 14.7. The number of carboxylic acids is 1. The Balaban J connectivity index is 1.29. The van der Waals surface area contributed by atoms with E-state index in [9.17, 15) is 24.6 Å². The fourth-order valence-corrected chi connectivity index (χ4v) is 4.40. The molecule has 3 aromatic carbocycles. The van der Waals surface area contributed by atoms with Gasteiger partial charge in [-0.15, -0.1) is 0 Å². The summed E-state index contributed by atoms with van der Waals surface area (Å²) in [6, 6.07) is 24.7. The largest absolute Gasteiger partial charge is 0.481 e. The predicted molar refractivity (Wildman–Crippen MR) is 128 cm³/mol. The molecule has 0 radical (unpaired) electrons. The van der Waals surface area contributed by atoms with Gasteiger partial charge in [0.15, 0.2) is 0 Å². The summed E-state index contributed by atoms with van der Waals surface area (Å²) in [4.78, 5) is 37.9. The number of fused-ring (bicyclic) bond motifs is 1. The number of nitrogens with zero attached hydrogens (tertiary/aromatic N) is 1. The fourth-order valence-electron chi connectivity index (χ4n) is 4.40. The molecule has 0 saturated heterocycles. The lowest BCUT2D eigenvalue weighted by Crippen LogP contribution is -2.33. The van der Waals surface area contributed by atoms with Gasteiger partial charge in [-0.3, -0.25) is 19.3 Å². The van der Waals surface area contributed by atoms with Gasteiger partial charge in [0, 0.05) is 6.54 Å². The topological polar surface area (TPSA) is 94.9 Å². The second-order valence-corrected chi connectivity index (χ2v) is 8.56. The lowest BCUT2D eigenvalue weighted by molar-refractivity contribution is -0.146. The Labute approximate surface area is 198 Å². The lowest BCUT2D eigenvalue weighted by atomic mass is 9.92. The van der Waals surface area contributed by atoms with Crippen molar-refractivity contribution in [1.29, 1.82) is 0 Å². The van der Waals surface area contributed by atoms with Gasteiger partial charge in [0.2, 0.25) is 0 Å². The van der Waals surface area contributed by atoms with Gasteiger partial charge < -0.3 is 10.2 Å². The second-order valence-electron chi connectivity index (χ2n) is 8.56. The number of imide groups is 1. The summed E-state index contributed by atoms with van der Waals surface area (Å²) in [5.41, 5.74) is 4.00. The van der Waals surface area contributed by atoms with Crippen molar-refractivity contribution in [2.75, 3.05) is 6.54 Å². The third kappa shape index (κ3) is 5.07. The number of aliphatic carboxylic acids is 1. The Kier molecular flexibility index (Phi) is 7.18. The molecule has 0 fully saturated rings. The number of aliphatic hydroxyl groups is 1. The van der Waals surface area contributed by atoms with Crippen LogP contribution in [-0.4, -0.2) is 45.5 Å². The van der Waals surface area contributed by atoms with Crippen molar-refractivity contribution in [2.45, 2.75) is 31.8 Å². The van der Waals surface area contributed by atoms with Crippen LogP contribution >= 0.6 is 0 Å². The molecule has 0 saturated carbocycles. The predicted octanol–water partition coefficient (Wildman–Crippen LogP) is 4.42. The van der Waals surface area contributed by atoms with Crippen molar-refractivity contribution in [2.24, 2.45) is 5.92 Å². The Morgan fingerprint density at radius 3 is 1.91 bits per heavy atom. The van der Waals surface area contributed by atoms with E-state index in [1.54, 1.807) is 24.3 Å². The molecule has 1 heterocycles. The average molecular weight is 458 g/mol. The maximum Gasteiger partial charge on any atom is 0.309 e. The molecule has 34 heavy (non-hydrogen) atoms. The maximum atomic E-state index is 12.5. The van der Waals surface area contributed by atoms with Crippen LogP contribution in [0.25, 0.3) is 11.1 Å². The summed E-state index contributed by atoms with van der Waals surface area (Å²) in [6.45, 7) is 0.129. The number of benzene rings is 3. The minimum atomic E-state index is -1.07. The molecule has 2 amide bonds. The van der Waals surface area contributed by atoms with Crippen LogP contribution in [0.3, 0.4) is 0 Å². The van der Waals surface area contributed by atoms with Crippen LogP contribution in [0.15, 0.2) is 78.9 Å². The fraction of sp³-hybridized carbons (Fsp3) is 0.250. The van der Waals surface area contributed by atoms with Crippen LogP contribution < -0.4 is 0 Å². The van der Waals surface area contributed by atoms with Gasteiger partial charge in [0.05, 0.1) is 23.1 Å². The van der Waals surface area contributed by atoms with Crippen molar-refractivity contribution >= 4 is 17.8 Å². The molecule has 2 atom stereocenters. The number of hydrogen-bond donors (Lipinski definition) is 2. The molecule has 174 valence electrons. The molecule has 0 spiro atoms. The van der Waals surface area contributed by atoms with Crippen molar-refractivity contribution < 1.29 is 24.6 Å². The Morgan fingerprint density at radius 1 is 0.765 bits per heavy atom. The number of amides is 2. The van der Waals surface area contributed by atoms with Crippen molar-refractivity contribution in [3.05, 3.63) is 95.6 Å². The van der Waals surface area contributed by atoms with Crippen LogP contribution in [0.1, 0.15) is 45.5 Å². The smallest absolute Gasteiger partial charge is 0.309 e. The van der Waals surface area contributed by atoms with E-state index in [2.05, 4.69) is 0 Å². The molecule has 0 bridgehead atoms. The summed E-state index contributed by atoms with van der Waals surface area (Å²) in [6.07, 6.45) is 0.336. The number of aliphatic hydroxyl groups excluding tert-OH is 1. The first-order valence-corrected chi connectivity index (χ1v) is 11.5. The Morgan fingerprint density at radius 2 is 1.32 bits per heavy atom. The highest BCUT2D eigenvalue weighted by Crippen LogP contribution is 2.25. The molecule has 1 aliphatic heterocycles. The van der Waals surface area contributed by atoms with Gasteiger partial charge in [-0.2, -0.15) is 0 Å². The lowest BCUT2D eigenvalue weighted by Gasteiger charge is -2.20. The summed E-state index contributed by atoms with van der Waals surface area (Å²) >= 11 is 0. The minimum absolute atomic E-state index is 0.129. The van der Waals surface area contributed by atoms with Gasteiger partial charge in [0.1, 0.15) is 0 Å². The van der Waals surface area contributed by atoms with E-state index in [0.717, 1.165) is 21.6 Å². The first-order valence-electron chi connectivity index (χ1n) is 11.5. The van der Waals surface area contributed by atoms with Gasteiger partial charge in [-0.1, -0.05) is 66.7 Å². The highest BCUT2D eigenvalue weighted by atomic mass is 16.4. The summed E-state index contributed by atoms with van der Waals surface area (Å²) < 4.78 is 0. The summed E-state index contributed by atoms with van der Waals surface area (Å²) in [5.74, 6) is -2.74. The number of carboxylic acid groups (broad SMARTS) is 1. The molecular weight excluding hydrogens is 430 g/mol. The number of carbonyl (C=O) groups excluding carboxylic acids is 2. The molecule has 0 aromatic heterocycles. The van der Waals surface area contributed by atoms with Crippen molar-refractivity contribution in [1.82, 2.24) is 4.90 Å². The molecule has 2 N–H and O–H groups in total. The van der Waals surface area contributed by atoms with E-state index < -0.39 is 18.0 Å². The van der Waals surface area contributed by atoms with E-state index in [-0.39, 0.29) is 24.8 Å². The van der Waals surface area contributed by atoms with Crippen LogP contribution in [0.4, 0.5) is 0 Å². The molecule has 1 aliphatic rings. The first kappa shape index (κ1) is 23.4. The van der Waals surface area contributed by atoms with E-state index in [4.69, 9.17) is 0 Å². The highest BCUT2D eigenvalue weighted by Gasteiger charge is 2.35. The zero-order valence-corrected chi connectivity index (χ0v) is 18.8. The number of rotatable bonds is 10. The zero-order valence-electron chi connectivity index (χ0n) is 18.8. The van der Waals surface area contributed by atoms with Crippen LogP contribution in [0, 0.1) is 5.92 Å². The molecule has 6 nitrogen and oxygen atoms in total. The SMILES string of the molecule is O=C(O)C(CCCN1C(=O)c2ccccc2C1=O)C(O)CCc1ccc(-c2ccccc2)cc1. The van der Waals surface area contributed by atoms with Gasteiger partial charge in [-0.05, 0) is 54.5 Å². The van der Waals surface area contributed by atoms with Gasteiger partial charge in [0.25, 0.3) is 11.8 Å². The zero-order chi connectivity index (χ0) is 24.1. The minimum Gasteiger partial charge on any atom is -0.481 e. The van der Waals surface area contributed by atoms with Crippen molar-refractivity contribution in [3.63, 3.8) is 0 Å². The van der Waals surface area contributed by atoms with E-state index in [0.29, 0.717) is 30.4 Å². The quantitative estimate of drug-likeness (QED) is 0.440. The van der Waals surface area contributed by atoms with Gasteiger partial charge >= 0.3 is 5.97 Å². The monoisotopic (exact) mass is 457 g/mol. The Hall–Kier alpha value is -3.77. The standard InChI is InChI=1S/C28H27NO5/c30-25(17-14-19-12-15-21(16-13-19)20-7-2-1-3-8-20)24(28(33)34)11-6-18-29-26(31)22-9-4-5-10-23(22)27(29)32/h1-5,7-10,12-13,15-16,24-25,30H,6,11,14,17-18H2,(H,33,34). The number of hydrogen-bond acceptors (Lipinski definition) is 4. The highest BCUT2D eigenvalue weighted by molar-refractivity contribution is 6.21. The van der Waals surface area contributed by atoms with E-state index in [1.165, 1.54) is 0 Å². The summed E-state index contributed by atoms with van der Waals surface area (Å²) in [7, 11) is 0. The van der Waals surface area contributed by atoms with Gasteiger partial charge in [-0.25, -0.2) is 0 Å². The second kappa shape index (κ2) is 10.4. The molecule has 4 rings (SSSR count). The van der Waals surface area contributed by atoms with Crippen LogP contribution in [0.2, 0.25) is 0 Å². The van der Waals surface area contributed by atoms with E-state index >= 15 is 0 Å². The third-order valence-electron chi connectivity index (χ3n) is 6.35. The molecule has 3 aromatic rings. The van der Waals surface area contributed by atoms with Crippen LogP contribution in [0.5, 0.6) is 0 Å². The number of aryl methyl sites for hydroxylation is 1. The Bertz CT molecular complexity index is 1140. The molecule has 0 aliphatic carbocycles. The number of carbonyl (C=O) groups is 3. The van der Waals surface area contributed by atoms with Crippen LogP contribution in [-0.2, 0) is 11.2 Å². The third-order valence-corrected chi connectivity index (χ3v) is 6.35. The molecule has 6 heteroatoms. The van der Waals surface area contributed by atoms with Crippen molar-refractivity contribution in [3.8, 4) is 11.1 Å². The maximum absolute atomic E-state index is 12.5. The van der Waals surface area contributed by atoms with E-state index in [1.807, 2.05) is 54.6 Å². The first-order chi connectivity index (χ1) is 16.5.